The van der Waals surface area contributed by atoms with Crippen molar-refractivity contribution in [2.75, 3.05) is 12.4 Å². The summed E-state index contributed by atoms with van der Waals surface area (Å²) in [7, 11) is 1.49. The number of ether oxygens (including phenoxy) is 3. The molecule has 1 N–H and O–H groups in total. The maximum Gasteiger partial charge on any atom is 0.347 e. The number of carbonyl (C=O) groups is 2. The highest BCUT2D eigenvalue weighted by Gasteiger charge is 2.23. The molecule has 0 aliphatic heterocycles. The second-order valence-corrected chi connectivity index (χ2v) is 6.48. The van der Waals surface area contributed by atoms with Crippen LogP contribution in [0, 0.1) is 0 Å². The summed E-state index contributed by atoms with van der Waals surface area (Å²) in [5, 5.41) is 3.53. The summed E-state index contributed by atoms with van der Waals surface area (Å²) >= 11 is 11.8. The summed E-state index contributed by atoms with van der Waals surface area (Å²) in [6, 6.07) is 11.3. The lowest BCUT2D eigenvalue weighted by atomic mass is 10.2. The van der Waals surface area contributed by atoms with Crippen molar-refractivity contribution in [3.8, 4) is 11.5 Å². The lowest BCUT2D eigenvalue weighted by Crippen LogP contribution is -2.35. The number of rotatable bonds is 7. The molecular formula is C19H19Cl2NO5. The molecule has 0 aliphatic rings. The molecule has 0 aliphatic carbocycles. The molecule has 2 aromatic carbocycles. The fourth-order valence-electron chi connectivity index (χ4n) is 2.08. The van der Waals surface area contributed by atoms with E-state index in [0.717, 1.165) is 0 Å². The molecule has 0 unspecified atom stereocenters. The first kappa shape index (κ1) is 20.9. The van der Waals surface area contributed by atoms with Gasteiger partial charge in [0.05, 0.1) is 12.1 Å². The molecule has 1 amide bonds. The van der Waals surface area contributed by atoms with E-state index in [2.05, 4.69) is 5.32 Å². The number of esters is 1. The van der Waals surface area contributed by atoms with Gasteiger partial charge >= 0.3 is 5.97 Å². The Morgan fingerprint density at radius 2 is 1.67 bits per heavy atom. The lowest BCUT2D eigenvalue weighted by Gasteiger charge is -2.18. The molecular weight excluding hydrogens is 393 g/mol. The molecule has 0 aromatic heterocycles. The third-order valence-electron chi connectivity index (χ3n) is 3.54. The van der Waals surface area contributed by atoms with E-state index < -0.39 is 24.1 Å². The normalized spacial score (nSPS) is 12.6. The van der Waals surface area contributed by atoms with Crippen LogP contribution in [0.25, 0.3) is 0 Å². The van der Waals surface area contributed by atoms with Crippen molar-refractivity contribution < 1.29 is 23.8 Å². The van der Waals surface area contributed by atoms with Crippen molar-refractivity contribution in [2.45, 2.75) is 26.1 Å². The maximum absolute atomic E-state index is 12.2. The van der Waals surface area contributed by atoms with Crippen molar-refractivity contribution in [2.24, 2.45) is 0 Å². The van der Waals surface area contributed by atoms with Gasteiger partial charge < -0.3 is 19.5 Å². The van der Waals surface area contributed by atoms with Crippen LogP contribution in [0.4, 0.5) is 5.69 Å². The predicted octanol–water partition coefficient (Wildman–Crippen LogP) is 4.34. The van der Waals surface area contributed by atoms with Gasteiger partial charge in [0.1, 0.15) is 11.5 Å². The average Bonchev–Trinajstić information content (AvgIpc) is 2.63. The minimum absolute atomic E-state index is 0.352. The largest absolute Gasteiger partial charge is 0.495 e. The number of methoxy groups -OCH3 is 1. The molecule has 0 bridgehead atoms. The van der Waals surface area contributed by atoms with Gasteiger partial charge in [0.15, 0.2) is 12.2 Å². The van der Waals surface area contributed by atoms with Gasteiger partial charge in [0.2, 0.25) is 0 Å². The van der Waals surface area contributed by atoms with Gasteiger partial charge in [-0.15, -0.1) is 0 Å². The fraction of sp³-hybridized carbons (Fsp3) is 0.263. The first-order chi connectivity index (χ1) is 12.8. The Hall–Kier alpha value is -2.44. The molecule has 0 fully saturated rings. The van der Waals surface area contributed by atoms with Crippen molar-refractivity contribution in [1.82, 2.24) is 0 Å². The van der Waals surface area contributed by atoms with Crippen LogP contribution in [0.2, 0.25) is 10.0 Å². The summed E-state index contributed by atoms with van der Waals surface area (Å²) < 4.78 is 15.7. The number of nitrogens with one attached hydrogen (secondary N) is 1. The minimum atomic E-state index is -1.02. The Morgan fingerprint density at radius 3 is 2.26 bits per heavy atom. The van der Waals surface area contributed by atoms with Gasteiger partial charge in [-0.2, -0.15) is 0 Å². The zero-order valence-electron chi connectivity index (χ0n) is 15.0. The molecule has 2 atom stereocenters. The Kier molecular flexibility index (Phi) is 7.33. The zero-order chi connectivity index (χ0) is 20.0. The van der Waals surface area contributed by atoms with Crippen molar-refractivity contribution in [3.05, 3.63) is 52.5 Å². The van der Waals surface area contributed by atoms with Crippen LogP contribution in [0.15, 0.2) is 42.5 Å². The van der Waals surface area contributed by atoms with Crippen LogP contribution in [-0.2, 0) is 14.3 Å². The van der Waals surface area contributed by atoms with E-state index in [4.69, 9.17) is 37.4 Å². The standard InChI is InChI=1S/C19H19Cl2NO5/c1-11(18(23)22-14-6-9-17(25-3)16(21)10-14)27-19(24)12(2)26-15-7-4-13(20)5-8-15/h4-12H,1-3H3,(H,22,23)/t11-,12+/m0/s1. The third-order valence-corrected chi connectivity index (χ3v) is 4.09. The molecule has 27 heavy (non-hydrogen) atoms. The highest BCUT2D eigenvalue weighted by Crippen LogP contribution is 2.27. The maximum atomic E-state index is 12.2. The smallest absolute Gasteiger partial charge is 0.347 e. The number of amides is 1. The fourth-order valence-corrected chi connectivity index (χ4v) is 2.46. The van der Waals surface area contributed by atoms with Crippen molar-refractivity contribution >= 4 is 40.8 Å². The second kappa shape index (κ2) is 9.48. The van der Waals surface area contributed by atoms with Gasteiger partial charge in [0.25, 0.3) is 5.91 Å². The number of hydrogen-bond donors (Lipinski definition) is 1. The van der Waals surface area contributed by atoms with Crippen LogP contribution in [0.5, 0.6) is 11.5 Å². The number of anilines is 1. The van der Waals surface area contributed by atoms with Crippen LogP contribution in [0.1, 0.15) is 13.8 Å². The molecule has 2 rings (SSSR count). The van der Waals surface area contributed by atoms with E-state index in [1.165, 1.54) is 21.0 Å². The number of benzene rings is 2. The minimum Gasteiger partial charge on any atom is -0.495 e. The average molecular weight is 412 g/mol. The molecule has 144 valence electrons. The molecule has 6 nitrogen and oxygen atoms in total. The Labute approximate surface area is 167 Å². The van der Waals surface area contributed by atoms with E-state index in [1.54, 1.807) is 42.5 Å². The first-order valence-corrected chi connectivity index (χ1v) is 8.83. The lowest BCUT2D eigenvalue weighted by molar-refractivity contribution is -0.159. The highest BCUT2D eigenvalue weighted by molar-refractivity contribution is 6.32. The van der Waals surface area contributed by atoms with E-state index in [9.17, 15) is 9.59 Å². The quantitative estimate of drug-likeness (QED) is 0.685. The Morgan fingerprint density at radius 1 is 1.00 bits per heavy atom. The molecule has 0 radical (unpaired) electrons. The van der Waals surface area contributed by atoms with Gasteiger partial charge in [0, 0.05) is 10.7 Å². The van der Waals surface area contributed by atoms with Crippen molar-refractivity contribution in [3.63, 3.8) is 0 Å². The third kappa shape index (κ3) is 6.05. The zero-order valence-corrected chi connectivity index (χ0v) is 16.5. The van der Waals surface area contributed by atoms with E-state index in [-0.39, 0.29) is 0 Å². The molecule has 0 saturated carbocycles. The van der Waals surface area contributed by atoms with E-state index >= 15 is 0 Å². The molecule has 0 saturated heterocycles. The molecule has 2 aromatic rings. The summed E-state index contributed by atoms with van der Waals surface area (Å²) in [6.45, 7) is 3.00. The van der Waals surface area contributed by atoms with Crippen LogP contribution in [0.3, 0.4) is 0 Å². The topological polar surface area (TPSA) is 73.9 Å². The molecule has 0 heterocycles. The SMILES string of the molecule is COc1ccc(NC(=O)[C@H](C)OC(=O)[C@@H](C)Oc2ccc(Cl)cc2)cc1Cl. The predicted molar refractivity (Wildman–Crippen MR) is 104 cm³/mol. The first-order valence-electron chi connectivity index (χ1n) is 8.07. The Balaban J connectivity index is 1.89. The summed E-state index contributed by atoms with van der Waals surface area (Å²) in [4.78, 5) is 24.3. The summed E-state index contributed by atoms with van der Waals surface area (Å²) in [6.07, 6.45) is -1.91. The van der Waals surface area contributed by atoms with Gasteiger partial charge in [-0.1, -0.05) is 23.2 Å². The molecule has 0 spiro atoms. The van der Waals surface area contributed by atoms with Crippen molar-refractivity contribution in [1.29, 1.82) is 0 Å². The number of halogens is 2. The van der Waals surface area contributed by atoms with Gasteiger partial charge in [-0.3, -0.25) is 4.79 Å². The van der Waals surface area contributed by atoms with Crippen LogP contribution < -0.4 is 14.8 Å². The van der Waals surface area contributed by atoms with E-state index in [1.807, 2.05) is 0 Å². The monoisotopic (exact) mass is 411 g/mol. The van der Waals surface area contributed by atoms with E-state index in [0.29, 0.717) is 27.2 Å². The summed E-state index contributed by atoms with van der Waals surface area (Å²) in [5.74, 6) is -0.209. The highest BCUT2D eigenvalue weighted by atomic mass is 35.5. The molecule has 8 heteroatoms. The Bertz CT molecular complexity index is 810. The second-order valence-electron chi connectivity index (χ2n) is 5.63. The van der Waals surface area contributed by atoms with Crippen LogP contribution in [-0.4, -0.2) is 31.2 Å². The van der Waals surface area contributed by atoms with Gasteiger partial charge in [-0.25, -0.2) is 4.79 Å². The number of hydrogen-bond acceptors (Lipinski definition) is 5. The van der Waals surface area contributed by atoms with Crippen LogP contribution >= 0.6 is 23.2 Å². The van der Waals surface area contributed by atoms with Gasteiger partial charge in [-0.05, 0) is 56.3 Å². The number of carbonyl (C=O) groups excluding carboxylic acids is 2. The summed E-state index contributed by atoms with van der Waals surface area (Å²) in [5.41, 5.74) is 0.458.